The third-order valence-corrected chi connectivity index (χ3v) is 31.0. The molecule has 15 rings (SSSR count). The number of unbranched alkanes of at least 4 members (excludes halogenated alkanes) is 10. The molecule has 10 N–H and O–H groups in total. The van der Waals surface area contributed by atoms with E-state index in [0.29, 0.717) is 47.1 Å². The van der Waals surface area contributed by atoms with Gasteiger partial charge in [-0.3, -0.25) is 9.59 Å². The van der Waals surface area contributed by atoms with E-state index in [4.69, 9.17) is 78.9 Å². The lowest BCUT2D eigenvalue weighted by molar-refractivity contribution is -0.146. The van der Waals surface area contributed by atoms with E-state index >= 15 is 0 Å². The average Bonchev–Trinajstić information content (AvgIpc) is 0.760. The highest BCUT2D eigenvalue weighted by molar-refractivity contribution is 5.80. The Bertz CT molecular complexity index is 5240. The first-order valence-corrected chi connectivity index (χ1v) is 54.1. The summed E-state index contributed by atoms with van der Waals surface area (Å²) < 4.78 is 65.7. The number of esters is 4. The van der Waals surface area contributed by atoms with Crippen LogP contribution in [-0.4, -0.2) is 147 Å². The Morgan fingerprint density at radius 1 is 0.340 bits per heavy atom. The molecule has 0 bridgehead atoms. The van der Waals surface area contributed by atoms with Crippen LogP contribution in [0.5, 0.6) is 57.5 Å². The van der Waals surface area contributed by atoms with E-state index in [1.165, 1.54) is 59.1 Å². The maximum atomic E-state index is 12.3. The number of nitrogens with two attached hydrogens (primary N) is 2. The first kappa shape index (κ1) is 115. The zero-order valence-electron chi connectivity index (χ0n) is 90.2. The molecule has 24 nitrogen and oxygen atoms in total. The Morgan fingerprint density at radius 2 is 0.576 bits per heavy atom. The Hall–Kier alpha value is -9.37. The number of aliphatic hydroxyl groups excluding tert-OH is 6. The van der Waals surface area contributed by atoms with E-state index in [9.17, 15) is 39.3 Å². The fraction of sp³-hybridized carbons (Fsp3) is 0.625. The van der Waals surface area contributed by atoms with Gasteiger partial charge in [-0.15, -0.1) is 0 Å². The van der Waals surface area contributed by atoms with Crippen molar-refractivity contribution in [1.29, 1.82) is 0 Å². The molecular formula is C120H172N2O22. The van der Waals surface area contributed by atoms with Gasteiger partial charge in [-0.05, 0) is 321 Å². The number of ether oxygens (including phenoxy) is 11. The Kier molecular flexibility index (Phi) is 41.5. The van der Waals surface area contributed by atoms with Crippen LogP contribution in [0, 0.1) is 29.6 Å². The van der Waals surface area contributed by atoms with Crippen LogP contribution in [0.2, 0.25) is 0 Å². The predicted octanol–water partition coefficient (Wildman–Crippen LogP) is 23.7. The lowest BCUT2D eigenvalue weighted by Crippen LogP contribution is -2.45. The summed E-state index contributed by atoms with van der Waals surface area (Å²) >= 11 is 0. The number of benzene rings is 5. The third kappa shape index (κ3) is 29.4. The first-order valence-electron chi connectivity index (χ1n) is 54.1. The number of rotatable bonds is 35. The van der Waals surface area contributed by atoms with E-state index < -0.39 is 62.2 Å². The average molecular weight is 1990 g/mol. The highest BCUT2D eigenvalue weighted by Gasteiger charge is 2.52. The number of hydrogen-bond acceptors (Lipinski definition) is 24. The van der Waals surface area contributed by atoms with Gasteiger partial charge in [-0.2, -0.15) is 0 Å². The normalized spacial score (nSPS) is 22.9. The standard InChI is InChI=1S/C25H36O6.C24H35NO3.2C24H34O5.C23H33NO3/c1-5-6-7-8-17-12-21(30-24(28)29-15-18(27)14-26)23-19-11-16(2)9-10-20(19)25(3,4)31-22(23)13-17;1-5-6-7-8-17-14-20(27-22(26)11-12-25)23-18-13-16(2)9-10-19(18)24(3,4)28-21(23)15-17;2*1-5-6-7-8-16-12-20(28-23(27)19(26)14-25)22-17-11-15(2)9-10-18(17)24(3,4)29-21(22)13-16;1-5-6-7-8-16-12-19(26-21(25)14-24)22-17-11-15(2)9-10-18(17)23(3,4)27-20(22)13-16/h11-13,18-20,26-27H,5-10,14-15H2,1-4H3;13-15,18-19H,5-12,25H2,1-4H3;2*11-13,17-19,25-26H,5-10,14H2,1-4H3;11-13,17-18H,5-10,14,24H2,1-4H3/t18-,19+,20+;18-,19-;17-,18-,19+;17-,18-,19-;17-,18-/m01111/s1. The molecule has 0 amide bonds. The lowest BCUT2D eigenvalue weighted by atomic mass is 9.68. The van der Waals surface area contributed by atoms with Gasteiger partial charge in [-0.25, -0.2) is 14.4 Å². The van der Waals surface area contributed by atoms with Crippen molar-refractivity contribution in [3.05, 3.63) is 175 Å². The first-order chi connectivity index (χ1) is 68.5. The Labute approximate surface area is 858 Å². The van der Waals surface area contributed by atoms with Crippen LogP contribution >= 0.6 is 0 Å². The van der Waals surface area contributed by atoms with Gasteiger partial charge in [-0.1, -0.05) is 157 Å². The zero-order valence-corrected chi connectivity index (χ0v) is 90.2. The highest BCUT2D eigenvalue weighted by Crippen LogP contribution is 2.61. The van der Waals surface area contributed by atoms with Crippen molar-refractivity contribution in [2.45, 2.75) is 413 Å². The van der Waals surface area contributed by atoms with Crippen LogP contribution in [0.4, 0.5) is 4.79 Å². The Morgan fingerprint density at radius 3 is 0.799 bits per heavy atom. The van der Waals surface area contributed by atoms with Gasteiger partial charge in [0.1, 0.15) is 98.2 Å². The quantitative estimate of drug-likeness (QED) is 0.00614. The van der Waals surface area contributed by atoms with Crippen molar-refractivity contribution in [3.63, 3.8) is 0 Å². The second-order valence-electron chi connectivity index (χ2n) is 44.7. The van der Waals surface area contributed by atoms with Gasteiger partial charge in [0.05, 0.1) is 32.8 Å². The second kappa shape index (κ2) is 52.0. The molecule has 5 aromatic rings. The van der Waals surface area contributed by atoms with Gasteiger partial charge >= 0.3 is 30.0 Å². The molecule has 0 fully saturated rings. The number of carbonyl (C=O) groups is 5. The number of hydrogen-bond donors (Lipinski definition) is 8. The lowest BCUT2D eigenvalue weighted by Gasteiger charge is -2.46. The summed E-state index contributed by atoms with van der Waals surface area (Å²) in [5, 5.41) is 56.1. The van der Waals surface area contributed by atoms with E-state index in [1.807, 2.05) is 24.3 Å². The van der Waals surface area contributed by atoms with Crippen LogP contribution in [0.3, 0.4) is 0 Å². The fourth-order valence-electron chi connectivity index (χ4n) is 23.1. The molecule has 5 heterocycles. The number of carbonyl (C=O) groups excluding carboxylic acids is 5. The summed E-state index contributed by atoms with van der Waals surface area (Å²) in [6.07, 6.45) is 38.7. The van der Waals surface area contributed by atoms with Crippen LogP contribution < -0.4 is 58.8 Å². The molecule has 0 radical (unpaired) electrons. The van der Waals surface area contributed by atoms with E-state index in [2.05, 4.69) is 205 Å². The van der Waals surface area contributed by atoms with Gasteiger partial charge in [0.2, 0.25) is 0 Å². The number of aryl methyl sites for hydroxylation is 5. The van der Waals surface area contributed by atoms with Crippen molar-refractivity contribution in [1.82, 2.24) is 0 Å². The fourth-order valence-corrected chi connectivity index (χ4v) is 23.1. The Balaban J connectivity index is 0.000000172. The van der Waals surface area contributed by atoms with Crippen LogP contribution in [0.1, 0.15) is 391 Å². The number of allylic oxidation sites excluding steroid dienone is 10. The third-order valence-electron chi connectivity index (χ3n) is 31.0. The van der Waals surface area contributed by atoms with E-state index in [1.54, 1.807) is 0 Å². The summed E-state index contributed by atoms with van der Waals surface area (Å²) in [5.74, 6) is 6.66. The molecule has 10 aliphatic rings. The predicted molar refractivity (Wildman–Crippen MR) is 565 cm³/mol. The zero-order chi connectivity index (χ0) is 105. The minimum absolute atomic E-state index is 0.0984. The summed E-state index contributed by atoms with van der Waals surface area (Å²) in [4.78, 5) is 61.1. The summed E-state index contributed by atoms with van der Waals surface area (Å²) in [5.41, 5.74) is 26.6. The SMILES string of the molecule is CCCCCc1cc(OC(=O)CCN)c2c(c1)OC(C)(C)[C@@H]1CCC(C)=C[C@@H]21.CCCCCc1cc(OC(=O)CN)c2c(c1)OC(C)(C)[C@@H]1CCC(C)=C[C@@H]21.CCCCCc1cc(OC(=O)OC[C@@H](O)CO)c2c(c1)OC(C)(C)[C@@H]1CCC(C)=C[C@@H]21.CCCCCc1cc(OC(=O)[C@@H](O)CO)c2c(c1)OC(C)(C)[C@@H]1CCC(C)=C[C@@H]21.CCCCCc1cc(OC(=O)[C@H](O)CO)c2c(c1)OC(C)(C)[C@@H]1CCC(C)=C[C@@H]21. The minimum atomic E-state index is -1.55. The van der Waals surface area contributed by atoms with Gasteiger partial charge in [0, 0.05) is 93.5 Å². The van der Waals surface area contributed by atoms with Gasteiger partial charge in [0.15, 0.2) is 12.2 Å². The topological polar surface area (TPSA) is 360 Å². The molecule has 0 unspecified atom stereocenters. The van der Waals surface area contributed by atoms with Gasteiger partial charge in [0.25, 0.3) is 0 Å². The summed E-state index contributed by atoms with van der Waals surface area (Å²) in [6, 6.07) is 20.4. The van der Waals surface area contributed by atoms with E-state index in [-0.39, 0.29) is 101 Å². The molecule has 0 saturated heterocycles. The molecule has 13 atom stereocenters. The largest absolute Gasteiger partial charge is 0.513 e. The maximum Gasteiger partial charge on any atom is 0.513 e. The minimum Gasteiger partial charge on any atom is -0.487 e. The van der Waals surface area contributed by atoms with Crippen molar-refractivity contribution >= 4 is 30.0 Å². The monoisotopic (exact) mass is 1990 g/mol. The molecule has 5 aliphatic heterocycles. The molecule has 0 saturated carbocycles. The number of aliphatic hydroxyl groups is 6. The molecule has 0 aromatic heterocycles. The molecule has 144 heavy (non-hydrogen) atoms. The van der Waals surface area contributed by atoms with Crippen molar-refractivity contribution < 1.29 is 107 Å². The smallest absolute Gasteiger partial charge is 0.487 e. The van der Waals surface area contributed by atoms with Crippen LogP contribution in [0.25, 0.3) is 0 Å². The van der Waals surface area contributed by atoms with Gasteiger partial charge < -0.3 is 94.2 Å². The summed E-state index contributed by atoms with van der Waals surface area (Å²) in [7, 11) is 0. The number of fused-ring (bicyclic) bond motifs is 15. The summed E-state index contributed by atoms with van der Waals surface area (Å²) in [6.45, 7) is 41.3. The van der Waals surface area contributed by atoms with Crippen LogP contribution in [-0.2, 0) is 56.0 Å². The molecular weight excluding hydrogens is 1820 g/mol. The van der Waals surface area contributed by atoms with E-state index in [0.717, 1.165) is 246 Å². The highest BCUT2D eigenvalue weighted by atomic mass is 16.7. The second-order valence-corrected chi connectivity index (χ2v) is 44.7. The molecule has 0 spiro atoms. The molecule has 794 valence electrons. The molecule has 24 heteroatoms. The van der Waals surface area contributed by atoms with Crippen molar-refractivity contribution in [3.8, 4) is 57.5 Å². The van der Waals surface area contributed by atoms with Crippen LogP contribution in [0.15, 0.2) is 119 Å². The maximum absolute atomic E-state index is 12.3. The van der Waals surface area contributed by atoms with Crippen molar-refractivity contribution in [2.24, 2.45) is 41.1 Å². The molecule has 5 aromatic carbocycles. The van der Waals surface area contributed by atoms with Crippen molar-refractivity contribution in [2.75, 3.05) is 39.5 Å². The molecule has 5 aliphatic carbocycles.